The van der Waals surface area contributed by atoms with Crippen LogP contribution < -0.4 is 0 Å². The monoisotopic (exact) mass is 293 g/mol. The number of hydrogen-bond acceptors (Lipinski definition) is 3. The molecule has 0 saturated heterocycles. The average Bonchev–Trinajstić information content (AvgIpc) is 2.92. The van der Waals surface area contributed by atoms with Gasteiger partial charge in [0.1, 0.15) is 6.04 Å². The summed E-state index contributed by atoms with van der Waals surface area (Å²) in [6, 6.07) is 15.0. The number of aryl methyl sites for hydroxylation is 1. The Morgan fingerprint density at radius 1 is 1.14 bits per heavy atom. The summed E-state index contributed by atoms with van der Waals surface area (Å²) < 4.78 is 1.66. The summed E-state index contributed by atoms with van der Waals surface area (Å²) in [4.78, 5) is 20.0. The molecule has 2 heterocycles. The van der Waals surface area contributed by atoms with Crippen molar-refractivity contribution < 1.29 is 9.90 Å². The van der Waals surface area contributed by atoms with Gasteiger partial charge >= 0.3 is 5.97 Å². The Kier molecular flexibility index (Phi) is 3.70. The zero-order chi connectivity index (χ0) is 15.5. The SMILES string of the molecule is Cc1cn(C(c2ccccc2)c2ccccn2)c(C(=O)O)n1. The summed E-state index contributed by atoms with van der Waals surface area (Å²) in [5, 5.41) is 9.42. The molecule has 22 heavy (non-hydrogen) atoms. The fourth-order valence-corrected chi connectivity index (χ4v) is 2.52. The molecule has 110 valence electrons. The molecule has 1 unspecified atom stereocenters. The largest absolute Gasteiger partial charge is 0.475 e. The van der Waals surface area contributed by atoms with Crippen LogP contribution in [0.1, 0.15) is 33.6 Å². The third-order valence-electron chi connectivity index (χ3n) is 3.41. The van der Waals surface area contributed by atoms with E-state index in [1.165, 1.54) is 0 Å². The molecule has 0 saturated carbocycles. The van der Waals surface area contributed by atoms with Gasteiger partial charge in [0.25, 0.3) is 0 Å². The van der Waals surface area contributed by atoms with E-state index < -0.39 is 5.97 Å². The van der Waals surface area contributed by atoms with Crippen molar-refractivity contribution in [1.82, 2.24) is 14.5 Å². The molecule has 1 atom stereocenters. The summed E-state index contributed by atoms with van der Waals surface area (Å²) in [5.41, 5.74) is 2.39. The van der Waals surface area contributed by atoms with Crippen LogP contribution in [0.5, 0.6) is 0 Å². The quantitative estimate of drug-likeness (QED) is 0.803. The molecule has 0 radical (unpaired) electrons. The number of carbonyl (C=O) groups is 1. The van der Waals surface area contributed by atoms with Crippen LogP contribution >= 0.6 is 0 Å². The molecule has 0 aliphatic carbocycles. The zero-order valence-electron chi connectivity index (χ0n) is 12.0. The van der Waals surface area contributed by atoms with Crippen LogP contribution in [0.4, 0.5) is 0 Å². The number of hydrogen-bond donors (Lipinski definition) is 1. The predicted molar refractivity (Wildman–Crippen MR) is 81.8 cm³/mol. The summed E-state index contributed by atoms with van der Waals surface area (Å²) in [6.45, 7) is 1.78. The number of carboxylic acid groups (broad SMARTS) is 1. The molecule has 1 aromatic carbocycles. The molecule has 5 heteroatoms. The third kappa shape index (κ3) is 2.61. The van der Waals surface area contributed by atoms with Gasteiger partial charge in [-0.15, -0.1) is 0 Å². The highest BCUT2D eigenvalue weighted by Gasteiger charge is 2.24. The maximum absolute atomic E-state index is 11.5. The van der Waals surface area contributed by atoms with E-state index in [-0.39, 0.29) is 11.9 Å². The van der Waals surface area contributed by atoms with Crippen molar-refractivity contribution in [3.63, 3.8) is 0 Å². The average molecular weight is 293 g/mol. The first-order valence-corrected chi connectivity index (χ1v) is 6.91. The summed E-state index contributed by atoms with van der Waals surface area (Å²) in [7, 11) is 0. The van der Waals surface area contributed by atoms with E-state index in [0.717, 1.165) is 11.3 Å². The number of rotatable bonds is 4. The second kappa shape index (κ2) is 5.81. The molecule has 0 spiro atoms. The van der Waals surface area contributed by atoms with Gasteiger partial charge in [-0.05, 0) is 24.6 Å². The van der Waals surface area contributed by atoms with E-state index in [1.807, 2.05) is 48.5 Å². The summed E-state index contributed by atoms with van der Waals surface area (Å²) >= 11 is 0. The van der Waals surface area contributed by atoms with E-state index in [2.05, 4.69) is 9.97 Å². The maximum Gasteiger partial charge on any atom is 0.372 e. The van der Waals surface area contributed by atoms with E-state index in [9.17, 15) is 9.90 Å². The minimum Gasteiger partial charge on any atom is -0.475 e. The molecule has 0 amide bonds. The van der Waals surface area contributed by atoms with Gasteiger partial charge in [0.15, 0.2) is 0 Å². The number of imidazole rings is 1. The fraction of sp³-hybridized carbons (Fsp3) is 0.118. The van der Waals surface area contributed by atoms with Gasteiger partial charge in [0, 0.05) is 12.4 Å². The van der Waals surface area contributed by atoms with E-state index in [4.69, 9.17) is 0 Å². The lowest BCUT2D eigenvalue weighted by Crippen LogP contribution is -2.18. The highest BCUT2D eigenvalue weighted by atomic mass is 16.4. The Morgan fingerprint density at radius 3 is 2.50 bits per heavy atom. The van der Waals surface area contributed by atoms with Gasteiger partial charge in [-0.1, -0.05) is 36.4 Å². The lowest BCUT2D eigenvalue weighted by molar-refractivity contribution is 0.0677. The second-order valence-corrected chi connectivity index (χ2v) is 4.99. The number of aromatic carboxylic acids is 1. The van der Waals surface area contributed by atoms with E-state index in [1.54, 1.807) is 23.9 Å². The Balaban J connectivity index is 2.21. The molecule has 1 N–H and O–H groups in total. The smallest absolute Gasteiger partial charge is 0.372 e. The third-order valence-corrected chi connectivity index (χ3v) is 3.41. The van der Waals surface area contributed by atoms with E-state index in [0.29, 0.717) is 5.69 Å². The van der Waals surface area contributed by atoms with Crippen LogP contribution in [0.3, 0.4) is 0 Å². The molecule has 0 aliphatic rings. The van der Waals surface area contributed by atoms with Gasteiger partial charge in [-0.3, -0.25) is 4.98 Å². The van der Waals surface area contributed by atoms with Gasteiger partial charge in [0.2, 0.25) is 5.82 Å². The number of benzene rings is 1. The fourth-order valence-electron chi connectivity index (χ4n) is 2.52. The normalized spacial score (nSPS) is 12.0. The Morgan fingerprint density at radius 2 is 1.86 bits per heavy atom. The van der Waals surface area contributed by atoms with Crippen molar-refractivity contribution in [3.8, 4) is 0 Å². The maximum atomic E-state index is 11.5. The van der Waals surface area contributed by atoms with Crippen LogP contribution in [0.25, 0.3) is 0 Å². The van der Waals surface area contributed by atoms with Crippen molar-refractivity contribution in [1.29, 1.82) is 0 Å². The molecule has 3 rings (SSSR count). The van der Waals surface area contributed by atoms with Crippen LogP contribution in [0.2, 0.25) is 0 Å². The minimum atomic E-state index is -1.05. The number of nitrogens with zero attached hydrogens (tertiary/aromatic N) is 3. The van der Waals surface area contributed by atoms with Gasteiger partial charge in [-0.25, -0.2) is 9.78 Å². The second-order valence-electron chi connectivity index (χ2n) is 4.99. The highest BCUT2D eigenvalue weighted by Crippen LogP contribution is 2.26. The van der Waals surface area contributed by atoms with E-state index >= 15 is 0 Å². The Labute approximate surface area is 127 Å². The molecule has 2 aromatic heterocycles. The molecule has 0 fully saturated rings. The molecule has 0 aliphatic heterocycles. The van der Waals surface area contributed by atoms with Crippen molar-refractivity contribution >= 4 is 5.97 Å². The van der Waals surface area contributed by atoms with Crippen LogP contribution in [-0.4, -0.2) is 25.6 Å². The van der Waals surface area contributed by atoms with Crippen LogP contribution in [-0.2, 0) is 0 Å². The number of carboxylic acids is 1. The molecule has 3 aromatic rings. The first-order valence-electron chi connectivity index (χ1n) is 6.91. The van der Waals surface area contributed by atoms with Crippen LogP contribution in [0, 0.1) is 6.92 Å². The number of aromatic nitrogens is 3. The topological polar surface area (TPSA) is 68.0 Å². The predicted octanol–water partition coefficient (Wildman–Crippen LogP) is 2.92. The summed E-state index contributed by atoms with van der Waals surface area (Å²) in [6.07, 6.45) is 3.45. The first-order chi connectivity index (χ1) is 10.7. The van der Waals surface area contributed by atoms with Crippen LogP contribution in [0.15, 0.2) is 60.9 Å². The Bertz CT molecular complexity index is 743. The lowest BCUT2D eigenvalue weighted by Gasteiger charge is -2.20. The first kappa shape index (κ1) is 14.0. The lowest BCUT2D eigenvalue weighted by atomic mass is 10.0. The molecule has 5 nitrogen and oxygen atoms in total. The molecule has 0 bridgehead atoms. The molecular weight excluding hydrogens is 278 g/mol. The Hall–Kier alpha value is -2.95. The zero-order valence-corrected chi connectivity index (χ0v) is 12.0. The van der Waals surface area contributed by atoms with Crippen molar-refractivity contribution in [3.05, 3.63) is 83.7 Å². The standard InChI is InChI=1S/C17H15N3O2/c1-12-11-20(16(19-12)17(21)22)15(13-7-3-2-4-8-13)14-9-5-6-10-18-14/h2-11,15H,1H3,(H,21,22). The van der Waals surface area contributed by atoms with Gasteiger partial charge in [-0.2, -0.15) is 0 Å². The van der Waals surface area contributed by atoms with Gasteiger partial charge in [0.05, 0.1) is 11.4 Å². The van der Waals surface area contributed by atoms with Crippen molar-refractivity contribution in [2.75, 3.05) is 0 Å². The number of pyridine rings is 1. The van der Waals surface area contributed by atoms with Crippen molar-refractivity contribution in [2.45, 2.75) is 13.0 Å². The molecular formula is C17H15N3O2. The van der Waals surface area contributed by atoms with Crippen molar-refractivity contribution in [2.24, 2.45) is 0 Å². The minimum absolute atomic E-state index is 0.0111. The highest BCUT2D eigenvalue weighted by molar-refractivity contribution is 5.83. The van der Waals surface area contributed by atoms with Gasteiger partial charge < -0.3 is 9.67 Å². The summed E-state index contributed by atoms with van der Waals surface area (Å²) in [5.74, 6) is -1.04.